The Bertz CT molecular complexity index is 1060. The largest absolute Gasteiger partial charge is 0.493 e. The van der Waals surface area contributed by atoms with Gasteiger partial charge < -0.3 is 15.4 Å². The number of hydrogen-bond acceptors (Lipinski definition) is 6. The van der Waals surface area contributed by atoms with Crippen LogP contribution >= 0.6 is 0 Å². The van der Waals surface area contributed by atoms with Gasteiger partial charge in [0.1, 0.15) is 17.1 Å². The van der Waals surface area contributed by atoms with E-state index in [1.54, 1.807) is 6.92 Å². The van der Waals surface area contributed by atoms with Gasteiger partial charge in [0, 0.05) is 25.3 Å². The lowest BCUT2D eigenvalue weighted by Gasteiger charge is -2.30. The molecule has 168 valence electrons. The van der Waals surface area contributed by atoms with E-state index in [9.17, 15) is 22.4 Å². The van der Waals surface area contributed by atoms with Crippen molar-refractivity contribution in [3.05, 3.63) is 41.5 Å². The third kappa shape index (κ3) is 5.39. The summed E-state index contributed by atoms with van der Waals surface area (Å²) in [5, 5.41) is 11.7. The zero-order chi connectivity index (χ0) is 22.6. The van der Waals surface area contributed by atoms with Crippen LogP contribution < -0.4 is 15.4 Å². The van der Waals surface area contributed by atoms with E-state index in [1.807, 2.05) is 0 Å². The van der Waals surface area contributed by atoms with Crippen molar-refractivity contribution in [1.82, 2.24) is 19.8 Å². The summed E-state index contributed by atoms with van der Waals surface area (Å²) in [6, 6.07) is 3.82. The minimum absolute atomic E-state index is 0.0619. The molecule has 0 bridgehead atoms. The lowest BCUT2D eigenvalue weighted by molar-refractivity contribution is 0.0919. The smallest absolute Gasteiger partial charge is 0.274 e. The van der Waals surface area contributed by atoms with Crippen molar-refractivity contribution in [2.24, 2.45) is 0 Å². The third-order valence-corrected chi connectivity index (χ3v) is 6.17. The Morgan fingerprint density at radius 2 is 2.00 bits per heavy atom. The molecule has 10 nitrogen and oxygen atoms in total. The Morgan fingerprint density at radius 1 is 1.29 bits per heavy atom. The van der Waals surface area contributed by atoms with Crippen molar-refractivity contribution in [3.8, 4) is 5.75 Å². The summed E-state index contributed by atoms with van der Waals surface area (Å²) in [7, 11) is -3.26. The first kappa shape index (κ1) is 22.7. The molecule has 1 aromatic carbocycles. The van der Waals surface area contributed by atoms with E-state index in [4.69, 9.17) is 4.74 Å². The number of carbonyl (C=O) groups excluding carboxylic acids is 2. The second-order valence-corrected chi connectivity index (χ2v) is 9.04. The molecular weight excluding hydrogens is 429 g/mol. The summed E-state index contributed by atoms with van der Waals surface area (Å²) in [5.74, 6) is -1.98. The Kier molecular flexibility index (Phi) is 6.91. The maximum atomic E-state index is 14.2. The molecule has 2 heterocycles. The van der Waals surface area contributed by atoms with Crippen LogP contribution in [-0.4, -0.2) is 66.7 Å². The van der Waals surface area contributed by atoms with Gasteiger partial charge in [0.05, 0.1) is 18.6 Å². The van der Waals surface area contributed by atoms with E-state index < -0.39 is 27.7 Å². The number of nitrogens with one attached hydrogen (secondary N) is 3. The van der Waals surface area contributed by atoms with E-state index in [0.29, 0.717) is 25.9 Å². The molecule has 0 atom stereocenters. The van der Waals surface area contributed by atoms with E-state index in [-0.39, 0.29) is 35.3 Å². The van der Waals surface area contributed by atoms with E-state index in [0.717, 1.165) is 12.3 Å². The monoisotopic (exact) mass is 453 g/mol. The zero-order valence-electron chi connectivity index (χ0n) is 17.1. The summed E-state index contributed by atoms with van der Waals surface area (Å²) in [5.41, 5.74) is -0.250. The minimum Gasteiger partial charge on any atom is -0.493 e. The molecule has 0 saturated carbocycles. The van der Waals surface area contributed by atoms with Crippen LogP contribution in [0.15, 0.2) is 24.4 Å². The number of hydrogen-bond donors (Lipinski definition) is 3. The number of H-pyrrole nitrogens is 1. The molecule has 3 N–H and O–H groups in total. The Hall–Kier alpha value is -2.99. The number of rotatable bonds is 7. The van der Waals surface area contributed by atoms with Gasteiger partial charge in [0.25, 0.3) is 11.8 Å². The van der Waals surface area contributed by atoms with Crippen LogP contribution in [0.4, 0.5) is 10.1 Å². The predicted molar refractivity (Wildman–Crippen MR) is 111 cm³/mol. The molecule has 1 aliphatic heterocycles. The quantitative estimate of drug-likeness (QED) is 0.580. The molecule has 1 fully saturated rings. The second kappa shape index (κ2) is 9.43. The molecule has 31 heavy (non-hydrogen) atoms. The molecule has 1 saturated heterocycles. The van der Waals surface area contributed by atoms with Crippen LogP contribution in [0, 0.1) is 5.82 Å². The van der Waals surface area contributed by atoms with Gasteiger partial charge in [-0.2, -0.15) is 5.10 Å². The fourth-order valence-electron chi connectivity index (χ4n) is 3.33. The van der Waals surface area contributed by atoms with Gasteiger partial charge in [-0.15, -0.1) is 0 Å². The van der Waals surface area contributed by atoms with E-state index in [1.165, 1.54) is 22.6 Å². The highest BCUT2D eigenvalue weighted by Gasteiger charge is 2.28. The summed E-state index contributed by atoms with van der Waals surface area (Å²) in [6.45, 7) is 2.58. The molecule has 0 aliphatic carbocycles. The SMILES string of the molecule is CCOc1cccc(F)c1C(=O)Nc1c[nH]nc1C(=O)NC1CCN(S(C)(=O)=O)CC1. The van der Waals surface area contributed by atoms with Gasteiger partial charge in [0.2, 0.25) is 10.0 Å². The number of benzene rings is 1. The van der Waals surface area contributed by atoms with Crippen LogP contribution in [0.1, 0.15) is 40.6 Å². The number of nitrogens with zero attached hydrogens (tertiary/aromatic N) is 2. The van der Waals surface area contributed by atoms with Crippen LogP contribution in [0.3, 0.4) is 0 Å². The van der Waals surface area contributed by atoms with Gasteiger partial charge in [0.15, 0.2) is 5.69 Å². The summed E-state index contributed by atoms with van der Waals surface area (Å²) >= 11 is 0. The molecule has 0 radical (unpaired) electrons. The highest BCUT2D eigenvalue weighted by molar-refractivity contribution is 7.88. The summed E-state index contributed by atoms with van der Waals surface area (Å²) in [6.07, 6.45) is 3.38. The standard InChI is InChI=1S/C19H24FN5O5S/c1-3-30-15-6-4-5-13(20)16(15)18(26)23-14-11-21-24-17(14)19(27)22-12-7-9-25(10-8-12)31(2,28)29/h4-6,11-12H,3,7-10H2,1-2H3,(H,21,24)(H,22,27)(H,23,26). The van der Waals surface area contributed by atoms with Crippen LogP contribution in [0.5, 0.6) is 5.75 Å². The zero-order valence-corrected chi connectivity index (χ0v) is 18.0. The average Bonchev–Trinajstić information content (AvgIpc) is 3.16. The van der Waals surface area contributed by atoms with Crippen molar-refractivity contribution in [2.75, 3.05) is 31.3 Å². The normalized spacial score (nSPS) is 15.5. The number of amides is 2. The van der Waals surface area contributed by atoms with Crippen molar-refractivity contribution < 1.29 is 27.1 Å². The van der Waals surface area contributed by atoms with Crippen molar-refractivity contribution in [2.45, 2.75) is 25.8 Å². The number of ether oxygens (including phenoxy) is 1. The van der Waals surface area contributed by atoms with Gasteiger partial charge in [-0.25, -0.2) is 17.1 Å². The van der Waals surface area contributed by atoms with Crippen molar-refractivity contribution >= 4 is 27.5 Å². The fraction of sp³-hybridized carbons (Fsp3) is 0.421. The fourth-order valence-corrected chi connectivity index (χ4v) is 4.20. The van der Waals surface area contributed by atoms with Crippen LogP contribution in [0.25, 0.3) is 0 Å². The molecule has 1 aliphatic rings. The Balaban J connectivity index is 1.68. The topological polar surface area (TPSA) is 133 Å². The Morgan fingerprint density at radius 3 is 2.65 bits per heavy atom. The molecule has 0 unspecified atom stereocenters. The van der Waals surface area contributed by atoms with Gasteiger partial charge >= 0.3 is 0 Å². The lowest BCUT2D eigenvalue weighted by Crippen LogP contribution is -2.46. The number of sulfonamides is 1. The van der Waals surface area contributed by atoms with Gasteiger partial charge in [-0.3, -0.25) is 14.7 Å². The third-order valence-electron chi connectivity index (χ3n) is 4.86. The highest BCUT2D eigenvalue weighted by atomic mass is 32.2. The molecule has 12 heteroatoms. The van der Waals surface area contributed by atoms with Crippen molar-refractivity contribution in [1.29, 1.82) is 0 Å². The molecular formula is C19H24FN5O5S. The molecule has 3 rings (SSSR count). The number of aromatic nitrogens is 2. The first-order chi connectivity index (χ1) is 14.7. The second-order valence-electron chi connectivity index (χ2n) is 7.06. The van der Waals surface area contributed by atoms with Crippen molar-refractivity contribution in [3.63, 3.8) is 0 Å². The number of aromatic amines is 1. The average molecular weight is 453 g/mol. The molecule has 0 spiro atoms. The maximum absolute atomic E-state index is 14.2. The van der Waals surface area contributed by atoms with Crippen LogP contribution in [0.2, 0.25) is 0 Å². The number of halogens is 1. The predicted octanol–water partition coefficient (Wildman–Crippen LogP) is 1.35. The van der Waals surface area contributed by atoms with Crippen LogP contribution in [-0.2, 0) is 10.0 Å². The van der Waals surface area contributed by atoms with Gasteiger partial charge in [-0.05, 0) is 31.9 Å². The minimum atomic E-state index is -3.26. The number of piperidine rings is 1. The lowest BCUT2D eigenvalue weighted by atomic mass is 10.1. The summed E-state index contributed by atoms with van der Waals surface area (Å²) in [4.78, 5) is 25.3. The van der Waals surface area contributed by atoms with E-state index in [2.05, 4.69) is 20.8 Å². The molecule has 1 aromatic heterocycles. The summed E-state index contributed by atoms with van der Waals surface area (Å²) < 4.78 is 44.1. The first-order valence-corrected chi connectivity index (χ1v) is 11.6. The molecule has 2 aromatic rings. The maximum Gasteiger partial charge on any atom is 0.274 e. The highest BCUT2D eigenvalue weighted by Crippen LogP contribution is 2.24. The number of carbonyl (C=O) groups is 2. The Labute approximate surface area is 179 Å². The van der Waals surface area contributed by atoms with Gasteiger partial charge in [-0.1, -0.05) is 6.07 Å². The molecule has 2 amide bonds. The number of anilines is 1. The van der Waals surface area contributed by atoms with E-state index >= 15 is 0 Å². The first-order valence-electron chi connectivity index (χ1n) is 9.73.